The van der Waals surface area contributed by atoms with E-state index in [1.807, 2.05) is 4.98 Å². The Morgan fingerprint density at radius 3 is 2.20 bits per heavy atom. The summed E-state index contributed by atoms with van der Waals surface area (Å²) >= 11 is 0. The van der Waals surface area contributed by atoms with Crippen LogP contribution in [0.1, 0.15) is 22.6 Å². The van der Waals surface area contributed by atoms with E-state index in [4.69, 9.17) is 4.74 Å². The SMILES string of the molecule is O=c1[nH]c(O)c([C@@H]2c3ccccc3Oc3[nH]c(=O)[nH]c(=O)c32)c(=O)[nH]1. The summed E-state index contributed by atoms with van der Waals surface area (Å²) in [5.74, 6) is -1.57. The molecule has 0 aliphatic carbocycles. The minimum Gasteiger partial charge on any atom is -0.494 e. The zero-order valence-electron chi connectivity index (χ0n) is 12.4. The fourth-order valence-electron chi connectivity index (χ4n) is 2.95. The van der Waals surface area contributed by atoms with Crippen molar-refractivity contribution in [1.82, 2.24) is 19.9 Å². The molecular weight excluding hydrogens is 332 g/mol. The molecule has 3 heterocycles. The van der Waals surface area contributed by atoms with Gasteiger partial charge in [-0.2, -0.15) is 0 Å². The first-order chi connectivity index (χ1) is 12.0. The van der Waals surface area contributed by atoms with Crippen LogP contribution in [0.25, 0.3) is 0 Å². The molecule has 10 nitrogen and oxygen atoms in total. The lowest BCUT2D eigenvalue weighted by molar-refractivity contribution is 0.416. The molecule has 4 rings (SSSR count). The van der Waals surface area contributed by atoms with Gasteiger partial charge in [0.1, 0.15) is 5.75 Å². The number of hydrogen-bond acceptors (Lipinski definition) is 6. The van der Waals surface area contributed by atoms with Crippen molar-refractivity contribution in [3.8, 4) is 17.5 Å². The number of ether oxygens (including phenoxy) is 1. The maximum Gasteiger partial charge on any atom is 0.328 e. The molecule has 1 aromatic carbocycles. The summed E-state index contributed by atoms with van der Waals surface area (Å²) in [6.45, 7) is 0. The highest BCUT2D eigenvalue weighted by molar-refractivity contribution is 5.56. The van der Waals surface area contributed by atoms with Gasteiger partial charge in [0.2, 0.25) is 11.8 Å². The predicted molar refractivity (Wildman–Crippen MR) is 84.5 cm³/mol. The van der Waals surface area contributed by atoms with E-state index >= 15 is 0 Å². The standard InChI is InChI=1S/C15H10N4O6/c20-10-8(11(21)17-14(23)16-10)7-5-3-1-2-4-6(5)25-13-9(7)12(22)18-15(24)19-13/h1-4,7H,(H2,18,19,22,24)(H3,16,17,20,21,23)/t7-/m0/s1. The van der Waals surface area contributed by atoms with Crippen molar-refractivity contribution in [2.45, 2.75) is 5.92 Å². The van der Waals surface area contributed by atoms with Crippen molar-refractivity contribution >= 4 is 0 Å². The van der Waals surface area contributed by atoms with Crippen LogP contribution in [0.2, 0.25) is 0 Å². The van der Waals surface area contributed by atoms with E-state index in [9.17, 15) is 24.3 Å². The lowest BCUT2D eigenvalue weighted by Crippen LogP contribution is -2.34. The lowest BCUT2D eigenvalue weighted by atomic mass is 9.85. The highest BCUT2D eigenvalue weighted by atomic mass is 16.5. The zero-order valence-corrected chi connectivity index (χ0v) is 12.4. The van der Waals surface area contributed by atoms with Gasteiger partial charge in [0.15, 0.2) is 0 Å². The second kappa shape index (κ2) is 5.09. The molecule has 1 atom stereocenters. The van der Waals surface area contributed by atoms with Gasteiger partial charge in [0.05, 0.1) is 17.0 Å². The van der Waals surface area contributed by atoms with Crippen LogP contribution in [0, 0.1) is 0 Å². The number of para-hydroxylation sites is 1. The van der Waals surface area contributed by atoms with E-state index in [0.717, 1.165) is 0 Å². The quantitative estimate of drug-likeness (QED) is 0.311. The van der Waals surface area contributed by atoms with Crippen molar-refractivity contribution in [3.63, 3.8) is 0 Å². The van der Waals surface area contributed by atoms with E-state index in [-0.39, 0.29) is 17.0 Å². The van der Waals surface area contributed by atoms with Crippen LogP contribution in [0.3, 0.4) is 0 Å². The average molecular weight is 342 g/mol. The average Bonchev–Trinajstić information content (AvgIpc) is 2.52. The van der Waals surface area contributed by atoms with E-state index < -0.39 is 34.3 Å². The van der Waals surface area contributed by atoms with Crippen molar-refractivity contribution < 1.29 is 9.84 Å². The van der Waals surface area contributed by atoms with Gasteiger partial charge in [0, 0.05) is 5.56 Å². The van der Waals surface area contributed by atoms with Crippen molar-refractivity contribution in [2.75, 3.05) is 0 Å². The maximum absolute atomic E-state index is 12.3. The first-order valence-corrected chi connectivity index (χ1v) is 7.14. The first kappa shape index (κ1) is 14.8. The third-order valence-electron chi connectivity index (χ3n) is 3.92. The summed E-state index contributed by atoms with van der Waals surface area (Å²) in [6.07, 6.45) is 0. The van der Waals surface area contributed by atoms with Gasteiger partial charge in [-0.1, -0.05) is 18.2 Å². The number of H-pyrrole nitrogens is 4. The molecule has 0 saturated carbocycles. The first-order valence-electron chi connectivity index (χ1n) is 7.14. The molecule has 1 aliphatic heterocycles. The third kappa shape index (κ3) is 2.19. The topological polar surface area (TPSA) is 161 Å². The molecule has 3 aromatic rings. The van der Waals surface area contributed by atoms with Gasteiger partial charge in [-0.15, -0.1) is 0 Å². The van der Waals surface area contributed by atoms with Gasteiger partial charge in [-0.25, -0.2) is 9.59 Å². The Bertz CT molecular complexity index is 1210. The molecule has 2 aromatic heterocycles. The molecule has 0 amide bonds. The Morgan fingerprint density at radius 1 is 0.840 bits per heavy atom. The summed E-state index contributed by atoms with van der Waals surface area (Å²) in [6, 6.07) is 6.53. The van der Waals surface area contributed by atoms with Crippen molar-refractivity contribution in [3.05, 3.63) is 82.6 Å². The molecule has 126 valence electrons. The van der Waals surface area contributed by atoms with Gasteiger partial charge in [-0.3, -0.25) is 29.5 Å². The van der Waals surface area contributed by atoms with Crippen LogP contribution in [0.5, 0.6) is 17.5 Å². The monoisotopic (exact) mass is 342 g/mol. The van der Waals surface area contributed by atoms with Gasteiger partial charge < -0.3 is 9.84 Å². The van der Waals surface area contributed by atoms with Crippen LogP contribution in [0.15, 0.2) is 43.4 Å². The number of aromatic nitrogens is 4. The summed E-state index contributed by atoms with van der Waals surface area (Å²) in [4.78, 5) is 56.1. The molecular formula is C15H10N4O6. The smallest absolute Gasteiger partial charge is 0.328 e. The van der Waals surface area contributed by atoms with Crippen LogP contribution in [-0.4, -0.2) is 25.0 Å². The number of benzene rings is 1. The second-order valence-electron chi connectivity index (χ2n) is 5.39. The fraction of sp³-hybridized carbons (Fsp3) is 0.0667. The Balaban J connectivity index is 2.14. The molecule has 5 N–H and O–H groups in total. The molecule has 1 aliphatic rings. The maximum atomic E-state index is 12.3. The number of fused-ring (bicyclic) bond motifs is 2. The highest BCUT2D eigenvalue weighted by Crippen LogP contribution is 2.44. The van der Waals surface area contributed by atoms with Gasteiger partial charge in [0.25, 0.3) is 11.1 Å². The number of nitrogens with one attached hydrogen (secondary N) is 4. The molecule has 25 heavy (non-hydrogen) atoms. The summed E-state index contributed by atoms with van der Waals surface area (Å²) in [5.41, 5.74) is -3.19. The van der Waals surface area contributed by atoms with E-state index in [1.54, 1.807) is 24.3 Å². The molecule has 0 saturated heterocycles. The number of aromatic amines is 4. The van der Waals surface area contributed by atoms with Crippen molar-refractivity contribution in [2.24, 2.45) is 0 Å². The second-order valence-corrected chi connectivity index (χ2v) is 5.39. The van der Waals surface area contributed by atoms with Crippen LogP contribution < -0.4 is 27.2 Å². The molecule has 0 fully saturated rings. The van der Waals surface area contributed by atoms with Crippen LogP contribution >= 0.6 is 0 Å². The predicted octanol–water partition coefficient (Wildman–Crippen LogP) is -0.569. The number of hydrogen-bond donors (Lipinski definition) is 5. The largest absolute Gasteiger partial charge is 0.494 e. The zero-order chi connectivity index (χ0) is 17.7. The Labute approximate surface area is 136 Å². The highest BCUT2D eigenvalue weighted by Gasteiger charge is 2.35. The Kier molecular flexibility index (Phi) is 3.01. The number of rotatable bonds is 1. The molecule has 0 spiro atoms. The third-order valence-corrected chi connectivity index (χ3v) is 3.92. The van der Waals surface area contributed by atoms with E-state index in [2.05, 4.69) is 15.0 Å². The minimum absolute atomic E-state index is 0.0638. The number of aromatic hydroxyl groups is 1. The minimum atomic E-state index is -1.05. The van der Waals surface area contributed by atoms with Gasteiger partial charge in [-0.05, 0) is 6.07 Å². The fourth-order valence-corrected chi connectivity index (χ4v) is 2.95. The molecule has 0 bridgehead atoms. The van der Waals surface area contributed by atoms with E-state index in [0.29, 0.717) is 11.3 Å². The van der Waals surface area contributed by atoms with Crippen molar-refractivity contribution in [1.29, 1.82) is 0 Å². The Hall–Kier alpha value is -3.82. The summed E-state index contributed by atoms with van der Waals surface area (Å²) in [7, 11) is 0. The van der Waals surface area contributed by atoms with Crippen LogP contribution in [0.4, 0.5) is 0 Å². The lowest BCUT2D eigenvalue weighted by Gasteiger charge is -2.26. The Morgan fingerprint density at radius 2 is 1.48 bits per heavy atom. The normalized spacial score (nSPS) is 15.1. The van der Waals surface area contributed by atoms with Crippen LogP contribution in [-0.2, 0) is 0 Å². The molecule has 0 unspecified atom stereocenters. The summed E-state index contributed by atoms with van der Waals surface area (Å²) in [5, 5.41) is 10.1. The van der Waals surface area contributed by atoms with E-state index in [1.165, 1.54) is 0 Å². The van der Waals surface area contributed by atoms with Gasteiger partial charge >= 0.3 is 11.4 Å². The molecule has 10 heteroatoms. The summed E-state index contributed by atoms with van der Waals surface area (Å²) < 4.78 is 5.55. The molecule has 0 radical (unpaired) electrons.